The van der Waals surface area contributed by atoms with Crippen LogP contribution in [-0.2, 0) is 33.0 Å². The number of rotatable bonds is 6. The van der Waals surface area contributed by atoms with Crippen LogP contribution in [0.15, 0.2) is 22.7 Å². The van der Waals surface area contributed by atoms with Crippen molar-refractivity contribution in [1.82, 2.24) is 9.71 Å². The van der Waals surface area contributed by atoms with Gasteiger partial charge in [0.2, 0.25) is 10.2 Å². The quantitative estimate of drug-likeness (QED) is 0.640. The van der Waals surface area contributed by atoms with Crippen molar-refractivity contribution in [3.05, 3.63) is 44.9 Å². The van der Waals surface area contributed by atoms with Crippen LogP contribution in [0.5, 0.6) is 0 Å². The number of nitrogens with zero attached hydrogens (tertiary/aromatic N) is 1. The van der Waals surface area contributed by atoms with E-state index in [-0.39, 0.29) is 21.0 Å². The number of halogens is 4. The van der Waals surface area contributed by atoms with Crippen LogP contribution in [0.2, 0.25) is 5.02 Å². The van der Waals surface area contributed by atoms with Gasteiger partial charge in [-0.2, -0.15) is 21.6 Å². The first-order chi connectivity index (χ1) is 13.5. The Morgan fingerprint density at radius 2 is 1.90 bits per heavy atom. The molecule has 0 unspecified atom stereocenters. The molecule has 12 heteroatoms. The molecule has 6 nitrogen and oxygen atoms in total. The largest absolute Gasteiger partial charge is 0.416 e. The zero-order chi connectivity index (χ0) is 23.1. The second-order valence-electron chi connectivity index (χ2n) is 7.43. The number of aliphatic hydroxyl groups is 1. The minimum absolute atomic E-state index is 0.135. The lowest BCUT2D eigenvalue weighted by molar-refractivity contribution is -0.138. The summed E-state index contributed by atoms with van der Waals surface area (Å²) >= 11 is 6.46. The van der Waals surface area contributed by atoms with Gasteiger partial charge in [-0.05, 0) is 43.0 Å². The lowest BCUT2D eigenvalue weighted by atomic mass is 9.91. The first-order valence-corrected chi connectivity index (χ1v) is 11.3. The van der Waals surface area contributed by atoms with Gasteiger partial charge in [0.1, 0.15) is 0 Å². The van der Waals surface area contributed by atoms with E-state index < -0.39 is 49.9 Å². The van der Waals surface area contributed by atoms with Crippen molar-refractivity contribution in [1.29, 1.82) is 0 Å². The zero-order valence-corrected chi connectivity index (χ0v) is 18.9. The molecule has 0 aliphatic carbocycles. The van der Waals surface area contributed by atoms with Crippen LogP contribution in [0.3, 0.4) is 0 Å². The number of sulfonamides is 1. The van der Waals surface area contributed by atoms with E-state index in [9.17, 15) is 31.5 Å². The number of benzene rings is 1. The number of alkyl halides is 3. The van der Waals surface area contributed by atoms with Gasteiger partial charge in [-0.3, -0.25) is 4.79 Å². The molecule has 0 saturated heterocycles. The SMILES string of the molecule is CC(C)c1cc(Cl)cc(C(F)(F)F)c1CC(=O)NS(=O)(=O)c1ncc(C(C)(C)O)s1. The standard InChI is InChI=1S/C18H20ClF3N2O4S2/c1-9(2)11-5-10(19)6-13(18(20,21)22)12(11)7-15(25)24-30(27,28)16-23-8-14(29-16)17(3,4)26/h5-6,8-9,26H,7H2,1-4H3,(H,24,25). The average Bonchev–Trinajstić information content (AvgIpc) is 3.05. The Morgan fingerprint density at radius 1 is 1.30 bits per heavy atom. The summed E-state index contributed by atoms with van der Waals surface area (Å²) in [6, 6.07) is 2.04. The summed E-state index contributed by atoms with van der Waals surface area (Å²) in [4.78, 5) is 16.3. The highest BCUT2D eigenvalue weighted by Gasteiger charge is 2.36. The Balaban J connectivity index is 2.37. The van der Waals surface area contributed by atoms with Gasteiger partial charge in [-0.15, -0.1) is 11.3 Å². The summed E-state index contributed by atoms with van der Waals surface area (Å²) < 4.78 is 66.6. The topological polar surface area (TPSA) is 96.4 Å². The monoisotopic (exact) mass is 484 g/mol. The Kier molecular flexibility index (Phi) is 6.92. The summed E-state index contributed by atoms with van der Waals surface area (Å²) in [6.07, 6.45) is -4.44. The summed E-state index contributed by atoms with van der Waals surface area (Å²) in [5, 5.41) is 9.79. The van der Waals surface area contributed by atoms with Gasteiger partial charge in [0.15, 0.2) is 0 Å². The van der Waals surface area contributed by atoms with E-state index in [0.29, 0.717) is 17.4 Å². The first-order valence-electron chi connectivity index (χ1n) is 8.66. The highest BCUT2D eigenvalue weighted by atomic mass is 35.5. The van der Waals surface area contributed by atoms with Crippen LogP contribution < -0.4 is 4.72 Å². The fourth-order valence-corrected chi connectivity index (χ4v) is 5.04. The normalized spacial score (nSPS) is 13.0. The van der Waals surface area contributed by atoms with E-state index in [4.69, 9.17) is 11.6 Å². The molecule has 1 heterocycles. The highest BCUT2D eigenvalue weighted by Crippen LogP contribution is 2.38. The molecule has 2 rings (SSSR count). The summed E-state index contributed by atoms with van der Waals surface area (Å²) in [6.45, 7) is 6.14. The van der Waals surface area contributed by atoms with Crippen molar-refractivity contribution < 1.29 is 31.5 Å². The van der Waals surface area contributed by atoms with Crippen molar-refractivity contribution in [3.63, 3.8) is 0 Å². The van der Waals surface area contributed by atoms with Gasteiger partial charge >= 0.3 is 6.18 Å². The second-order valence-corrected chi connectivity index (χ2v) is 10.8. The molecule has 0 aliphatic rings. The number of hydrogen-bond acceptors (Lipinski definition) is 6. The van der Waals surface area contributed by atoms with Crippen LogP contribution in [0.1, 0.15) is 55.2 Å². The average molecular weight is 485 g/mol. The number of aromatic nitrogens is 1. The van der Waals surface area contributed by atoms with Gasteiger partial charge in [0.25, 0.3) is 10.0 Å². The number of carbonyl (C=O) groups is 1. The molecule has 1 aromatic heterocycles. The highest BCUT2D eigenvalue weighted by molar-refractivity contribution is 7.92. The van der Waals surface area contributed by atoms with E-state index >= 15 is 0 Å². The van der Waals surface area contributed by atoms with Crippen LogP contribution >= 0.6 is 22.9 Å². The number of hydrogen-bond donors (Lipinski definition) is 2. The molecule has 0 bridgehead atoms. The van der Waals surface area contributed by atoms with Crippen molar-refractivity contribution in [3.8, 4) is 0 Å². The molecule has 1 amide bonds. The molecule has 0 fully saturated rings. The smallest absolute Gasteiger partial charge is 0.385 e. The molecule has 1 aromatic carbocycles. The molecule has 166 valence electrons. The summed E-state index contributed by atoms with van der Waals surface area (Å²) in [5.41, 5.74) is -2.58. The zero-order valence-electron chi connectivity index (χ0n) is 16.5. The predicted molar refractivity (Wildman–Crippen MR) is 107 cm³/mol. The van der Waals surface area contributed by atoms with Gasteiger partial charge in [0, 0.05) is 11.2 Å². The maximum atomic E-state index is 13.5. The summed E-state index contributed by atoms with van der Waals surface area (Å²) in [5.74, 6) is -1.54. The first kappa shape index (κ1) is 24.6. The van der Waals surface area contributed by atoms with E-state index in [1.165, 1.54) is 19.9 Å². The minimum Gasteiger partial charge on any atom is -0.385 e. The number of amides is 1. The molecule has 0 aliphatic heterocycles. The van der Waals surface area contributed by atoms with Crippen LogP contribution in [-0.4, -0.2) is 24.4 Å². The van der Waals surface area contributed by atoms with Gasteiger partial charge in [-0.1, -0.05) is 25.4 Å². The second kappa shape index (κ2) is 8.45. The molecule has 2 aromatic rings. The maximum Gasteiger partial charge on any atom is 0.416 e. The lowest BCUT2D eigenvalue weighted by Crippen LogP contribution is -2.32. The molecule has 0 saturated carbocycles. The molecule has 0 atom stereocenters. The predicted octanol–water partition coefficient (Wildman–Crippen LogP) is 4.21. The Hall–Kier alpha value is -1.69. The van der Waals surface area contributed by atoms with Crippen molar-refractivity contribution in [2.24, 2.45) is 0 Å². The molecule has 0 radical (unpaired) electrons. The number of carbonyl (C=O) groups excluding carboxylic acids is 1. The fourth-order valence-electron chi connectivity index (χ4n) is 2.68. The third kappa shape index (κ3) is 5.71. The van der Waals surface area contributed by atoms with E-state index in [1.54, 1.807) is 18.6 Å². The van der Waals surface area contributed by atoms with E-state index in [2.05, 4.69) is 4.98 Å². The number of thiazole rings is 1. The molecule has 30 heavy (non-hydrogen) atoms. The lowest BCUT2D eigenvalue weighted by Gasteiger charge is -2.19. The Bertz CT molecular complexity index is 1060. The van der Waals surface area contributed by atoms with Crippen molar-refractivity contribution in [2.75, 3.05) is 0 Å². The van der Waals surface area contributed by atoms with E-state index in [0.717, 1.165) is 6.20 Å². The van der Waals surface area contributed by atoms with Crippen LogP contribution in [0.4, 0.5) is 13.2 Å². The molecule has 2 N–H and O–H groups in total. The third-order valence-electron chi connectivity index (χ3n) is 4.08. The van der Waals surface area contributed by atoms with Crippen molar-refractivity contribution in [2.45, 2.75) is 56.2 Å². The Labute approximate surface area is 181 Å². The van der Waals surface area contributed by atoms with Crippen LogP contribution in [0.25, 0.3) is 0 Å². The van der Waals surface area contributed by atoms with Gasteiger partial charge in [0.05, 0.1) is 22.5 Å². The van der Waals surface area contributed by atoms with E-state index in [1.807, 2.05) is 0 Å². The summed E-state index contributed by atoms with van der Waals surface area (Å²) in [7, 11) is -4.42. The maximum absolute atomic E-state index is 13.5. The Morgan fingerprint density at radius 3 is 2.37 bits per heavy atom. The number of nitrogens with one attached hydrogen (secondary N) is 1. The molecule has 0 spiro atoms. The fraction of sp³-hybridized carbons (Fsp3) is 0.444. The third-order valence-corrected chi connectivity index (χ3v) is 7.37. The molecular weight excluding hydrogens is 465 g/mol. The minimum atomic E-state index is -4.78. The van der Waals surface area contributed by atoms with Gasteiger partial charge < -0.3 is 5.11 Å². The van der Waals surface area contributed by atoms with Gasteiger partial charge in [-0.25, -0.2) is 9.71 Å². The van der Waals surface area contributed by atoms with Crippen molar-refractivity contribution >= 4 is 38.9 Å². The van der Waals surface area contributed by atoms with Crippen LogP contribution in [0, 0.1) is 0 Å². The molecular formula is C18H20ClF3N2O4S2.